The second-order valence-corrected chi connectivity index (χ2v) is 7.04. The van der Waals surface area contributed by atoms with Crippen molar-refractivity contribution in [3.8, 4) is 0 Å². The number of hydrogen-bond acceptors (Lipinski definition) is 4. The van der Waals surface area contributed by atoms with Crippen LogP contribution in [0.15, 0.2) is 23.3 Å². The van der Waals surface area contributed by atoms with Crippen molar-refractivity contribution in [2.75, 3.05) is 24.5 Å². The fraction of sp³-hybridized carbons (Fsp3) is 0.550. The quantitative estimate of drug-likeness (QED) is 0.365. The molecule has 7 nitrogen and oxygen atoms in total. The third kappa shape index (κ3) is 5.59. The topological polar surface area (TPSA) is 70.4 Å². The lowest BCUT2D eigenvalue weighted by Gasteiger charge is -2.16. The Labute approximate surface area is 185 Å². The molecular weight excluding hydrogens is 465 g/mol. The van der Waals surface area contributed by atoms with Crippen molar-refractivity contribution >= 4 is 35.8 Å². The van der Waals surface area contributed by atoms with Crippen molar-refractivity contribution in [1.29, 1.82) is 0 Å². The maximum absolute atomic E-state index is 4.75. The molecule has 0 aliphatic carbocycles. The third-order valence-electron chi connectivity index (χ3n) is 5.10. The van der Waals surface area contributed by atoms with Crippen LogP contribution in [0.3, 0.4) is 0 Å². The minimum atomic E-state index is 0. The number of guanidine groups is 1. The van der Waals surface area contributed by atoms with E-state index in [1.807, 2.05) is 30.9 Å². The largest absolute Gasteiger partial charge is 0.357 e. The van der Waals surface area contributed by atoms with Crippen molar-refractivity contribution < 1.29 is 0 Å². The summed E-state index contributed by atoms with van der Waals surface area (Å²) >= 11 is 0. The summed E-state index contributed by atoms with van der Waals surface area (Å²) in [4.78, 5) is 11.6. The van der Waals surface area contributed by atoms with E-state index < -0.39 is 0 Å². The molecule has 0 aromatic carbocycles. The van der Waals surface area contributed by atoms with Gasteiger partial charge in [0.15, 0.2) is 5.96 Å². The molecule has 3 heterocycles. The number of aromatic nitrogens is 3. The molecule has 0 atom stereocenters. The predicted octanol–water partition coefficient (Wildman–Crippen LogP) is 2.91. The van der Waals surface area contributed by atoms with E-state index in [-0.39, 0.29) is 24.0 Å². The Morgan fingerprint density at radius 2 is 1.96 bits per heavy atom. The lowest BCUT2D eigenvalue weighted by atomic mass is 10.2. The molecule has 8 heteroatoms. The van der Waals surface area contributed by atoms with Crippen LogP contribution in [0.5, 0.6) is 0 Å². The van der Waals surface area contributed by atoms with Crippen LogP contribution < -0.4 is 15.5 Å². The molecule has 1 fully saturated rings. The first-order valence-corrected chi connectivity index (χ1v) is 9.79. The molecular formula is C20H32IN7. The number of rotatable bonds is 6. The molecule has 154 valence electrons. The van der Waals surface area contributed by atoms with E-state index in [0.717, 1.165) is 37.1 Å². The smallest absolute Gasteiger partial charge is 0.191 e. The molecule has 2 N–H and O–H groups in total. The van der Waals surface area contributed by atoms with Gasteiger partial charge in [0.2, 0.25) is 0 Å². The predicted molar refractivity (Wildman–Crippen MR) is 125 cm³/mol. The van der Waals surface area contributed by atoms with Crippen molar-refractivity contribution in [3.05, 3.63) is 40.8 Å². The minimum absolute atomic E-state index is 0. The summed E-state index contributed by atoms with van der Waals surface area (Å²) in [5.74, 6) is 1.89. The Bertz CT molecular complexity index is 794. The monoisotopic (exact) mass is 497 g/mol. The van der Waals surface area contributed by atoms with Crippen LogP contribution in [-0.2, 0) is 20.1 Å². The summed E-state index contributed by atoms with van der Waals surface area (Å²) < 4.78 is 1.92. The van der Waals surface area contributed by atoms with Gasteiger partial charge in [-0.05, 0) is 51.3 Å². The van der Waals surface area contributed by atoms with E-state index in [1.54, 1.807) is 0 Å². The molecule has 1 saturated heterocycles. The number of hydrogen-bond donors (Lipinski definition) is 2. The van der Waals surface area contributed by atoms with Gasteiger partial charge in [-0.1, -0.05) is 0 Å². The standard InChI is InChI=1S/C20H31N7.HI/c1-5-21-20(24-14-18-15(2)25-26(4)16(18)3)23-13-17-8-9-22-19(12-17)27-10-6-7-11-27;/h8-9,12H,5-7,10-11,13-14H2,1-4H3,(H2,21,23,24);1H. The molecule has 0 unspecified atom stereocenters. The van der Waals surface area contributed by atoms with Gasteiger partial charge in [0.05, 0.1) is 12.2 Å². The normalized spacial score (nSPS) is 14.1. The van der Waals surface area contributed by atoms with Gasteiger partial charge in [-0.3, -0.25) is 4.68 Å². The average molecular weight is 497 g/mol. The highest BCUT2D eigenvalue weighted by molar-refractivity contribution is 14.0. The van der Waals surface area contributed by atoms with Gasteiger partial charge >= 0.3 is 0 Å². The first-order valence-electron chi connectivity index (χ1n) is 9.79. The first-order chi connectivity index (χ1) is 13.1. The van der Waals surface area contributed by atoms with Gasteiger partial charge in [-0.15, -0.1) is 24.0 Å². The fourth-order valence-electron chi connectivity index (χ4n) is 3.44. The maximum atomic E-state index is 4.75. The summed E-state index contributed by atoms with van der Waals surface area (Å²) in [5.41, 5.74) is 4.64. The highest BCUT2D eigenvalue weighted by Crippen LogP contribution is 2.18. The average Bonchev–Trinajstić information content (AvgIpc) is 3.28. The van der Waals surface area contributed by atoms with Crippen LogP contribution in [0, 0.1) is 13.8 Å². The van der Waals surface area contributed by atoms with Gasteiger partial charge in [0.25, 0.3) is 0 Å². The molecule has 1 aliphatic rings. The highest BCUT2D eigenvalue weighted by atomic mass is 127. The molecule has 3 rings (SSSR count). The summed E-state index contributed by atoms with van der Waals surface area (Å²) in [5, 5.41) is 11.2. The number of pyridine rings is 1. The second kappa shape index (κ2) is 10.6. The van der Waals surface area contributed by atoms with E-state index in [9.17, 15) is 0 Å². The van der Waals surface area contributed by atoms with Gasteiger partial charge in [0.1, 0.15) is 5.82 Å². The first kappa shape index (κ1) is 22.4. The molecule has 2 aromatic heterocycles. The van der Waals surface area contributed by atoms with Crippen molar-refractivity contribution in [2.45, 2.75) is 46.7 Å². The molecule has 0 spiro atoms. The number of halogens is 1. The molecule has 28 heavy (non-hydrogen) atoms. The fourth-order valence-corrected chi connectivity index (χ4v) is 3.44. The van der Waals surface area contributed by atoms with Gasteiger partial charge in [-0.25, -0.2) is 9.98 Å². The Morgan fingerprint density at radius 3 is 2.61 bits per heavy atom. The van der Waals surface area contributed by atoms with Crippen LogP contribution in [0.4, 0.5) is 5.82 Å². The Morgan fingerprint density at radius 1 is 1.21 bits per heavy atom. The maximum Gasteiger partial charge on any atom is 0.191 e. The molecule has 1 aliphatic heterocycles. The van der Waals surface area contributed by atoms with Crippen LogP contribution >= 0.6 is 24.0 Å². The second-order valence-electron chi connectivity index (χ2n) is 7.04. The molecule has 2 aromatic rings. The third-order valence-corrected chi connectivity index (χ3v) is 5.10. The summed E-state index contributed by atoms with van der Waals surface area (Å²) in [6.07, 6.45) is 4.40. The zero-order valence-electron chi connectivity index (χ0n) is 17.3. The SMILES string of the molecule is CCNC(=NCc1ccnc(N2CCCC2)c1)NCc1c(C)nn(C)c1C.I. The molecule has 0 saturated carbocycles. The van der Waals surface area contributed by atoms with E-state index in [2.05, 4.69) is 45.5 Å². The number of nitrogens with one attached hydrogen (secondary N) is 2. The van der Waals surface area contributed by atoms with E-state index in [4.69, 9.17) is 4.99 Å². The van der Waals surface area contributed by atoms with E-state index in [1.165, 1.54) is 29.7 Å². The number of nitrogens with zero attached hydrogens (tertiary/aromatic N) is 5. The van der Waals surface area contributed by atoms with E-state index in [0.29, 0.717) is 13.1 Å². The zero-order chi connectivity index (χ0) is 19.2. The van der Waals surface area contributed by atoms with Crippen molar-refractivity contribution in [2.24, 2.45) is 12.0 Å². The molecule has 0 radical (unpaired) electrons. The number of aliphatic imine (C=N–C) groups is 1. The minimum Gasteiger partial charge on any atom is -0.357 e. The lowest BCUT2D eigenvalue weighted by molar-refractivity contribution is 0.728. The van der Waals surface area contributed by atoms with Crippen LogP contribution in [0.1, 0.15) is 42.3 Å². The van der Waals surface area contributed by atoms with Crippen molar-refractivity contribution in [1.82, 2.24) is 25.4 Å². The molecule has 0 amide bonds. The zero-order valence-corrected chi connectivity index (χ0v) is 19.7. The summed E-state index contributed by atoms with van der Waals surface area (Å²) in [6, 6.07) is 4.20. The number of aryl methyl sites for hydroxylation is 2. The van der Waals surface area contributed by atoms with Gasteiger partial charge in [-0.2, -0.15) is 5.10 Å². The van der Waals surface area contributed by atoms with Crippen molar-refractivity contribution in [3.63, 3.8) is 0 Å². The molecule has 0 bridgehead atoms. The Hall–Kier alpha value is -1.84. The van der Waals surface area contributed by atoms with Gasteiger partial charge in [0, 0.05) is 50.7 Å². The van der Waals surface area contributed by atoms with Crippen LogP contribution in [-0.4, -0.2) is 40.4 Å². The highest BCUT2D eigenvalue weighted by Gasteiger charge is 2.13. The van der Waals surface area contributed by atoms with E-state index >= 15 is 0 Å². The summed E-state index contributed by atoms with van der Waals surface area (Å²) in [7, 11) is 1.98. The van der Waals surface area contributed by atoms with Gasteiger partial charge < -0.3 is 15.5 Å². The summed E-state index contributed by atoms with van der Waals surface area (Å²) in [6.45, 7) is 10.6. The lowest BCUT2D eigenvalue weighted by Crippen LogP contribution is -2.37. The van der Waals surface area contributed by atoms with Crippen LogP contribution in [0.2, 0.25) is 0 Å². The number of anilines is 1. The Balaban J connectivity index is 0.00000280. The van der Waals surface area contributed by atoms with Crippen LogP contribution in [0.25, 0.3) is 0 Å². The Kier molecular flexibility index (Phi) is 8.53.